The molecule has 0 unspecified atom stereocenters. The molecule has 8 heteroatoms. The van der Waals surface area contributed by atoms with Gasteiger partial charge in [0.15, 0.2) is 5.65 Å². The minimum atomic E-state index is -0.246. The third-order valence-corrected chi connectivity index (χ3v) is 5.45. The average Bonchev–Trinajstić information content (AvgIpc) is 3.11. The van der Waals surface area contributed by atoms with Crippen LogP contribution in [0.3, 0.4) is 0 Å². The van der Waals surface area contributed by atoms with Crippen LogP contribution in [0.5, 0.6) is 0 Å². The smallest absolute Gasteiger partial charge is 0.265 e. The Labute approximate surface area is 187 Å². The zero-order valence-corrected chi connectivity index (χ0v) is 17.6. The number of aromatic nitrogens is 5. The second-order valence-electron chi connectivity index (χ2n) is 6.95. The second-order valence-corrected chi connectivity index (χ2v) is 7.82. The van der Waals surface area contributed by atoms with Crippen molar-refractivity contribution in [2.75, 3.05) is 0 Å². The van der Waals surface area contributed by atoms with Crippen molar-refractivity contribution < 1.29 is 0 Å². The molecule has 0 fully saturated rings. The van der Waals surface area contributed by atoms with Crippen molar-refractivity contribution in [2.24, 2.45) is 0 Å². The molecule has 4 aromatic heterocycles. The van der Waals surface area contributed by atoms with Gasteiger partial charge in [0.2, 0.25) is 0 Å². The van der Waals surface area contributed by atoms with E-state index in [1.165, 1.54) is 4.68 Å². The fraction of sp³-hybridized carbons (Fsp3) is 0.0435. The number of hydrogen-bond acceptors (Lipinski definition) is 4. The molecular formula is C23H15Cl2N5O. The maximum atomic E-state index is 13.1. The lowest BCUT2D eigenvalue weighted by atomic mass is 9.96. The van der Waals surface area contributed by atoms with Crippen LogP contribution in [0, 0.1) is 0 Å². The molecule has 5 rings (SSSR count). The van der Waals surface area contributed by atoms with E-state index >= 15 is 0 Å². The summed E-state index contributed by atoms with van der Waals surface area (Å²) >= 11 is 12.0. The first kappa shape index (κ1) is 19.5. The molecule has 6 nitrogen and oxygen atoms in total. The molecule has 31 heavy (non-hydrogen) atoms. The highest BCUT2D eigenvalue weighted by Gasteiger charge is 2.17. The van der Waals surface area contributed by atoms with Crippen molar-refractivity contribution in [1.29, 1.82) is 0 Å². The standard InChI is InChI=1S/C23H15Cl2N5O/c24-17-3-1-15(2-4-17)20-9-12-29-22(21(20)16-7-10-26-11-8-16)28-30(23(29)31)14-19-6-5-18(25)13-27-19/h1-13H,14H2. The van der Waals surface area contributed by atoms with E-state index in [2.05, 4.69) is 15.1 Å². The number of rotatable bonds is 4. The predicted octanol–water partition coefficient (Wildman–Crippen LogP) is 4.98. The molecule has 0 aliphatic carbocycles. The van der Waals surface area contributed by atoms with Crippen molar-refractivity contribution in [2.45, 2.75) is 6.54 Å². The van der Waals surface area contributed by atoms with Crippen molar-refractivity contribution in [3.63, 3.8) is 0 Å². The molecular weight excluding hydrogens is 433 g/mol. The molecule has 0 saturated carbocycles. The van der Waals surface area contributed by atoms with Gasteiger partial charge in [0.05, 0.1) is 17.3 Å². The largest absolute Gasteiger partial charge is 0.350 e. The highest BCUT2D eigenvalue weighted by molar-refractivity contribution is 6.30. The third kappa shape index (κ3) is 3.71. The molecule has 0 atom stereocenters. The number of pyridine rings is 3. The summed E-state index contributed by atoms with van der Waals surface area (Å²) in [6.07, 6.45) is 6.73. The molecule has 0 aliphatic rings. The molecule has 0 saturated heterocycles. The van der Waals surface area contributed by atoms with Crippen LogP contribution in [0.2, 0.25) is 10.0 Å². The van der Waals surface area contributed by atoms with Crippen LogP contribution in [0.25, 0.3) is 27.9 Å². The van der Waals surface area contributed by atoms with Crippen LogP contribution < -0.4 is 5.69 Å². The number of fused-ring (bicyclic) bond motifs is 1. The topological polar surface area (TPSA) is 65.1 Å². The molecule has 0 aliphatic heterocycles. The Kier molecular flexibility index (Phi) is 5.02. The van der Waals surface area contributed by atoms with Crippen LogP contribution in [0.1, 0.15) is 5.69 Å². The van der Waals surface area contributed by atoms with E-state index in [1.807, 2.05) is 42.5 Å². The summed E-state index contributed by atoms with van der Waals surface area (Å²) in [7, 11) is 0. The van der Waals surface area contributed by atoms with Crippen molar-refractivity contribution in [1.82, 2.24) is 24.1 Å². The summed E-state index contributed by atoms with van der Waals surface area (Å²) in [5.41, 5.74) is 4.66. The maximum Gasteiger partial charge on any atom is 0.350 e. The van der Waals surface area contributed by atoms with Crippen LogP contribution in [0.4, 0.5) is 0 Å². The minimum Gasteiger partial charge on any atom is -0.265 e. The Morgan fingerprint density at radius 1 is 0.839 bits per heavy atom. The van der Waals surface area contributed by atoms with Crippen LogP contribution >= 0.6 is 23.2 Å². The van der Waals surface area contributed by atoms with Crippen LogP contribution in [0.15, 0.2) is 84.2 Å². The van der Waals surface area contributed by atoms with Gasteiger partial charge in [-0.2, -0.15) is 0 Å². The fourth-order valence-corrected chi connectivity index (χ4v) is 3.75. The minimum absolute atomic E-state index is 0.240. The quantitative estimate of drug-likeness (QED) is 0.389. The zero-order valence-electron chi connectivity index (χ0n) is 16.1. The van der Waals surface area contributed by atoms with Gasteiger partial charge in [-0.1, -0.05) is 35.3 Å². The van der Waals surface area contributed by atoms with E-state index in [-0.39, 0.29) is 12.2 Å². The van der Waals surface area contributed by atoms with Gasteiger partial charge < -0.3 is 0 Å². The number of nitrogens with zero attached hydrogens (tertiary/aromatic N) is 5. The summed E-state index contributed by atoms with van der Waals surface area (Å²) in [4.78, 5) is 21.5. The van der Waals surface area contributed by atoms with E-state index in [1.54, 1.807) is 41.3 Å². The second kappa shape index (κ2) is 7.98. The molecule has 0 radical (unpaired) electrons. The van der Waals surface area contributed by atoms with Crippen LogP contribution in [-0.4, -0.2) is 24.1 Å². The summed E-state index contributed by atoms with van der Waals surface area (Å²) < 4.78 is 2.95. The van der Waals surface area contributed by atoms with E-state index in [4.69, 9.17) is 23.2 Å². The van der Waals surface area contributed by atoms with Crippen molar-refractivity contribution >= 4 is 28.8 Å². The van der Waals surface area contributed by atoms with Gasteiger partial charge in [0.1, 0.15) is 0 Å². The lowest BCUT2D eigenvalue weighted by Crippen LogP contribution is -2.22. The van der Waals surface area contributed by atoms with E-state index in [0.717, 1.165) is 22.3 Å². The molecule has 0 spiro atoms. The molecule has 0 bridgehead atoms. The lowest BCUT2D eigenvalue weighted by molar-refractivity contribution is 0.646. The van der Waals surface area contributed by atoms with Crippen molar-refractivity contribution in [3.8, 4) is 22.3 Å². The Balaban J connectivity index is 1.73. The number of benzene rings is 1. The Bertz CT molecular complexity index is 1430. The lowest BCUT2D eigenvalue weighted by Gasteiger charge is -2.11. The van der Waals surface area contributed by atoms with Crippen LogP contribution in [-0.2, 0) is 6.54 Å². The molecule has 4 heterocycles. The van der Waals surface area contributed by atoms with E-state index < -0.39 is 0 Å². The Morgan fingerprint density at radius 2 is 1.58 bits per heavy atom. The maximum absolute atomic E-state index is 13.1. The van der Waals surface area contributed by atoms with Gasteiger partial charge >= 0.3 is 5.69 Å². The number of hydrogen-bond donors (Lipinski definition) is 0. The fourth-order valence-electron chi connectivity index (χ4n) is 3.51. The monoisotopic (exact) mass is 447 g/mol. The first-order valence-corrected chi connectivity index (χ1v) is 10.2. The predicted molar refractivity (Wildman–Crippen MR) is 121 cm³/mol. The molecule has 5 aromatic rings. The summed E-state index contributed by atoms with van der Waals surface area (Å²) in [6, 6.07) is 16.8. The first-order chi connectivity index (χ1) is 15.1. The molecule has 0 N–H and O–H groups in total. The third-order valence-electron chi connectivity index (χ3n) is 4.98. The summed E-state index contributed by atoms with van der Waals surface area (Å²) in [5.74, 6) is 0. The summed E-state index contributed by atoms with van der Waals surface area (Å²) in [6.45, 7) is 0.240. The highest BCUT2D eigenvalue weighted by atomic mass is 35.5. The molecule has 1 aromatic carbocycles. The Morgan fingerprint density at radius 3 is 2.29 bits per heavy atom. The molecule has 152 valence electrons. The van der Waals surface area contributed by atoms with E-state index in [9.17, 15) is 4.79 Å². The van der Waals surface area contributed by atoms with Gasteiger partial charge in [0, 0.05) is 35.4 Å². The zero-order chi connectivity index (χ0) is 21.4. The van der Waals surface area contributed by atoms with E-state index in [0.29, 0.717) is 21.4 Å². The SMILES string of the molecule is O=c1n(Cc2ccc(Cl)cn2)nc2c(-c3ccncc3)c(-c3ccc(Cl)cc3)ccn12. The number of halogens is 2. The molecule has 0 amide bonds. The summed E-state index contributed by atoms with van der Waals surface area (Å²) in [5, 5.41) is 5.86. The Hall–Kier alpha value is -3.48. The van der Waals surface area contributed by atoms with Gasteiger partial charge in [0.25, 0.3) is 0 Å². The van der Waals surface area contributed by atoms with Gasteiger partial charge in [-0.3, -0.25) is 9.97 Å². The average molecular weight is 448 g/mol. The van der Waals surface area contributed by atoms with Crippen molar-refractivity contribution in [3.05, 3.63) is 106 Å². The normalized spacial score (nSPS) is 11.2. The first-order valence-electron chi connectivity index (χ1n) is 9.49. The van der Waals surface area contributed by atoms with Gasteiger partial charge in [-0.05, 0) is 59.2 Å². The highest BCUT2D eigenvalue weighted by Crippen LogP contribution is 2.34. The van der Waals surface area contributed by atoms with Gasteiger partial charge in [-0.15, -0.1) is 5.10 Å². The van der Waals surface area contributed by atoms with Gasteiger partial charge in [-0.25, -0.2) is 13.9 Å².